The van der Waals surface area contributed by atoms with Crippen LogP contribution in [-0.4, -0.2) is 59.5 Å². The molecule has 7 heteroatoms. The number of fused-ring (bicyclic) bond motifs is 1. The average molecular weight is 456 g/mol. The van der Waals surface area contributed by atoms with Crippen LogP contribution in [0, 0.1) is 23.7 Å². The van der Waals surface area contributed by atoms with Crippen LogP contribution in [0.2, 0.25) is 0 Å². The van der Waals surface area contributed by atoms with Gasteiger partial charge in [-0.05, 0) is 31.2 Å². The topological polar surface area (TPSA) is 98.7 Å². The molecule has 0 spiro atoms. The van der Waals surface area contributed by atoms with E-state index >= 15 is 0 Å². The summed E-state index contributed by atoms with van der Waals surface area (Å²) in [5, 5.41) is 16.1. The van der Waals surface area contributed by atoms with Gasteiger partial charge in [-0.25, -0.2) is 0 Å². The Bertz CT molecular complexity index is 872. The molecule has 2 aliphatic rings. The molecule has 1 unspecified atom stereocenters. The maximum Gasteiger partial charge on any atom is 0.243 e. The molecule has 7 nitrogen and oxygen atoms in total. The van der Waals surface area contributed by atoms with Crippen molar-refractivity contribution >= 4 is 17.7 Å². The second-order valence-electron chi connectivity index (χ2n) is 9.40. The van der Waals surface area contributed by atoms with Gasteiger partial charge < -0.3 is 20.6 Å². The van der Waals surface area contributed by atoms with Crippen molar-refractivity contribution in [3.8, 4) is 0 Å². The molecule has 3 rings (SSSR count). The fraction of sp³-hybridized carbons (Fsp3) is 0.577. The average Bonchev–Trinajstić information content (AvgIpc) is 3.10. The van der Waals surface area contributed by atoms with Gasteiger partial charge in [0.2, 0.25) is 17.7 Å². The van der Waals surface area contributed by atoms with Crippen LogP contribution in [0.5, 0.6) is 0 Å². The van der Waals surface area contributed by atoms with Gasteiger partial charge in [-0.2, -0.15) is 0 Å². The smallest absolute Gasteiger partial charge is 0.243 e. The fourth-order valence-corrected chi connectivity index (χ4v) is 5.47. The van der Waals surface area contributed by atoms with Crippen LogP contribution in [0.3, 0.4) is 0 Å². The fourth-order valence-electron chi connectivity index (χ4n) is 5.47. The molecular formula is C26H37N3O4. The number of hydrogen-bond donors (Lipinski definition) is 3. The minimum absolute atomic E-state index is 0.0265. The van der Waals surface area contributed by atoms with Crippen molar-refractivity contribution in [2.75, 3.05) is 13.7 Å². The Hall–Kier alpha value is -2.67. The lowest BCUT2D eigenvalue weighted by Crippen LogP contribution is -2.54. The lowest BCUT2D eigenvalue weighted by atomic mass is 9.70. The van der Waals surface area contributed by atoms with Gasteiger partial charge in [-0.1, -0.05) is 62.8 Å². The number of benzene rings is 1. The lowest BCUT2D eigenvalue weighted by molar-refractivity contribution is -0.143. The quantitative estimate of drug-likeness (QED) is 0.496. The number of likely N-dealkylation sites (tertiary alicyclic amines) is 1. The second-order valence-corrected chi connectivity index (χ2v) is 9.40. The van der Waals surface area contributed by atoms with Gasteiger partial charge in [0.05, 0.1) is 24.5 Å². The first kappa shape index (κ1) is 25.0. The number of aliphatic hydroxyl groups is 1. The highest BCUT2D eigenvalue weighted by Gasteiger charge is 2.58. The highest BCUT2D eigenvalue weighted by molar-refractivity contribution is 5.97. The van der Waals surface area contributed by atoms with Crippen LogP contribution in [-0.2, 0) is 20.8 Å². The number of carbonyl (C=O) groups excluding carboxylic acids is 3. The Balaban J connectivity index is 2.00. The number of amides is 3. The van der Waals surface area contributed by atoms with E-state index in [1.807, 2.05) is 56.3 Å². The molecule has 3 N–H and O–H groups in total. The maximum absolute atomic E-state index is 13.9. The van der Waals surface area contributed by atoms with Crippen molar-refractivity contribution in [3.05, 3.63) is 48.0 Å². The third-order valence-electron chi connectivity index (χ3n) is 7.06. The van der Waals surface area contributed by atoms with E-state index in [9.17, 15) is 19.5 Å². The molecule has 0 bridgehead atoms. The normalized spacial score (nSPS) is 28.2. The van der Waals surface area contributed by atoms with Crippen LogP contribution < -0.4 is 10.6 Å². The summed E-state index contributed by atoms with van der Waals surface area (Å²) in [5.41, 5.74) is 0.976. The van der Waals surface area contributed by atoms with Gasteiger partial charge in [0.15, 0.2) is 0 Å². The predicted octanol–water partition coefficient (Wildman–Crippen LogP) is 1.91. The Morgan fingerprint density at radius 1 is 1.15 bits per heavy atom. The number of hydrogen-bond acceptors (Lipinski definition) is 4. The number of aliphatic hydroxyl groups excluding tert-OH is 1. The zero-order valence-electron chi connectivity index (χ0n) is 20.0. The molecule has 3 amide bonds. The largest absolute Gasteiger partial charge is 0.394 e. The van der Waals surface area contributed by atoms with Gasteiger partial charge >= 0.3 is 0 Å². The van der Waals surface area contributed by atoms with Crippen molar-refractivity contribution in [2.24, 2.45) is 23.7 Å². The van der Waals surface area contributed by atoms with Crippen LogP contribution in [0.1, 0.15) is 39.2 Å². The van der Waals surface area contributed by atoms with Gasteiger partial charge in [-0.3, -0.25) is 14.4 Å². The monoisotopic (exact) mass is 455 g/mol. The number of rotatable bonds is 9. The summed E-state index contributed by atoms with van der Waals surface area (Å²) in [6.45, 7) is 5.68. The minimum Gasteiger partial charge on any atom is -0.394 e. The van der Waals surface area contributed by atoms with Gasteiger partial charge in [0, 0.05) is 19.0 Å². The number of allylic oxidation sites excluding steroid dienone is 1. The summed E-state index contributed by atoms with van der Waals surface area (Å²) in [7, 11) is 1.57. The van der Waals surface area contributed by atoms with E-state index in [-0.39, 0.29) is 36.3 Å². The van der Waals surface area contributed by atoms with E-state index < -0.39 is 29.8 Å². The first-order valence-corrected chi connectivity index (χ1v) is 12.0. The van der Waals surface area contributed by atoms with Crippen LogP contribution in [0.25, 0.3) is 0 Å². The van der Waals surface area contributed by atoms with E-state index in [4.69, 9.17) is 0 Å². The molecule has 180 valence electrons. The summed E-state index contributed by atoms with van der Waals surface area (Å²) in [6, 6.07) is 8.29. The molecule has 1 aromatic rings. The van der Waals surface area contributed by atoms with E-state index in [0.717, 1.165) is 18.4 Å². The molecule has 7 atom stereocenters. The van der Waals surface area contributed by atoms with Crippen molar-refractivity contribution in [3.63, 3.8) is 0 Å². The Kier molecular flexibility index (Phi) is 8.30. The highest BCUT2D eigenvalue weighted by atomic mass is 16.3. The molecular weight excluding hydrogens is 418 g/mol. The van der Waals surface area contributed by atoms with Crippen molar-refractivity contribution in [1.82, 2.24) is 15.5 Å². The number of nitrogens with zero attached hydrogens (tertiary/aromatic N) is 1. The second kappa shape index (κ2) is 11.0. The molecule has 0 aromatic heterocycles. The highest BCUT2D eigenvalue weighted by Crippen LogP contribution is 2.45. The first-order chi connectivity index (χ1) is 15.8. The standard InChI is InChI=1S/C26H37N3O4/c1-5-9-17(3)28-25(32)23-20-13-12-16(2)21(24(31)27-4)22(20)26(33)29(23)19(15-30)14-18-10-7-6-8-11-18/h6-8,10-13,16-17,19-23,30H,5,9,14-15H2,1-4H3,(H,27,31)(H,28,32)/t16-,17?,19-,20+,21-,22+,23+/m1/s1. The van der Waals surface area contributed by atoms with Gasteiger partial charge in [0.25, 0.3) is 0 Å². The third-order valence-corrected chi connectivity index (χ3v) is 7.06. The van der Waals surface area contributed by atoms with Crippen molar-refractivity contribution < 1.29 is 19.5 Å². The Morgan fingerprint density at radius 3 is 2.45 bits per heavy atom. The molecule has 33 heavy (non-hydrogen) atoms. The minimum atomic E-state index is -0.765. The van der Waals surface area contributed by atoms with Crippen LogP contribution in [0.15, 0.2) is 42.5 Å². The van der Waals surface area contributed by atoms with E-state index in [1.54, 1.807) is 11.9 Å². The van der Waals surface area contributed by atoms with Crippen molar-refractivity contribution in [1.29, 1.82) is 0 Å². The predicted molar refractivity (Wildman–Crippen MR) is 127 cm³/mol. The zero-order valence-corrected chi connectivity index (χ0v) is 20.0. The SMILES string of the molecule is CCCC(C)NC(=O)[C@@H]1[C@H]2C=C[C@@H](C)[C@@H](C(=O)NC)[C@H]2C(=O)N1[C@@H](CO)Cc1ccccc1. The van der Waals surface area contributed by atoms with Crippen LogP contribution >= 0.6 is 0 Å². The van der Waals surface area contributed by atoms with Gasteiger partial charge in [-0.15, -0.1) is 0 Å². The molecule has 1 aromatic carbocycles. The van der Waals surface area contributed by atoms with Crippen LogP contribution in [0.4, 0.5) is 0 Å². The molecule has 0 radical (unpaired) electrons. The molecule has 1 saturated heterocycles. The summed E-state index contributed by atoms with van der Waals surface area (Å²) in [5.74, 6) is -2.39. The molecule has 1 aliphatic heterocycles. The number of nitrogens with one attached hydrogen (secondary N) is 2. The molecule has 0 saturated carbocycles. The summed E-state index contributed by atoms with van der Waals surface area (Å²) < 4.78 is 0. The van der Waals surface area contributed by atoms with Crippen molar-refractivity contribution in [2.45, 2.75) is 58.2 Å². The summed E-state index contributed by atoms with van der Waals surface area (Å²) in [4.78, 5) is 41.7. The molecule has 1 aliphatic carbocycles. The third kappa shape index (κ3) is 5.13. The Labute approximate surface area is 196 Å². The molecule has 1 heterocycles. The van der Waals surface area contributed by atoms with E-state index in [0.29, 0.717) is 6.42 Å². The first-order valence-electron chi connectivity index (χ1n) is 12.0. The summed E-state index contributed by atoms with van der Waals surface area (Å²) >= 11 is 0. The van der Waals surface area contributed by atoms with E-state index in [1.165, 1.54) is 0 Å². The summed E-state index contributed by atoms with van der Waals surface area (Å²) in [6.07, 6.45) is 6.07. The van der Waals surface area contributed by atoms with E-state index in [2.05, 4.69) is 17.6 Å². The molecule has 1 fully saturated rings. The zero-order chi connectivity index (χ0) is 24.1. The number of carbonyl (C=O) groups is 3. The maximum atomic E-state index is 13.9. The Morgan fingerprint density at radius 2 is 1.85 bits per heavy atom. The lowest BCUT2D eigenvalue weighted by Gasteiger charge is -2.34. The van der Waals surface area contributed by atoms with Gasteiger partial charge in [0.1, 0.15) is 6.04 Å².